The molecule has 2 N–H and O–H groups in total. The Labute approximate surface area is 121 Å². The average molecular weight is 288 g/mol. The van der Waals surface area contributed by atoms with Gasteiger partial charge in [-0.25, -0.2) is 4.39 Å². The van der Waals surface area contributed by atoms with E-state index in [1.165, 1.54) is 18.6 Å². The first-order valence-corrected chi connectivity index (χ1v) is 7.27. The lowest BCUT2D eigenvalue weighted by Crippen LogP contribution is -2.24. The van der Waals surface area contributed by atoms with Crippen LogP contribution < -0.4 is 10.9 Å². The molecule has 0 atom stereocenters. The van der Waals surface area contributed by atoms with Crippen LogP contribution in [0, 0.1) is 11.7 Å². The summed E-state index contributed by atoms with van der Waals surface area (Å²) >= 11 is 0. The number of hydrogen-bond donors (Lipinski definition) is 2. The van der Waals surface area contributed by atoms with E-state index < -0.39 is 5.82 Å². The number of H-pyrrole nitrogens is 1. The van der Waals surface area contributed by atoms with Crippen LogP contribution in [0.25, 0.3) is 10.9 Å². The molecule has 1 aromatic carbocycles. The van der Waals surface area contributed by atoms with Gasteiger partial charge in [0.25, 0.3) is 0 Å². The molecule has 0 unspecified atom stereocenters. The maximum Gasteiger partial charge on any atom is 0.248 e. The highest BCUT2D eigenvalue weighted by atomic mass is 19.1. The summed E-state index contributed by atoms with van der Waals surface area (Å²) in [5, 5.41) is 3.35. The Morgan fingerprint density at radius 3 is 2.71 bits per heavy atom. The van der Waals surface area contributed by atoms with E-state index in [-0.39, 0.29) is 22.9 Å². The molecule has 21 heavy (non-hydrogen) atoms. The van der Waals surface area contributed by atoms with Gasteiger partial charge in [0, 0.05) is 23.1 Å². The van der Waals surface area contributed by atoms with E-state index in [9.17, 15) is 14.0 Å². The fraction of sp³-hybridized carbons (Fsp3) is 0.375. The molecule has 1 heterocycles. The predicted octanol–water partition coefficient (Wildman–Crippen LogP) is 3.19. The minimum atomic E-state index is -0.538. The number of halogens is 1. The molecule has 3 rings (SSSR count). The molecule has 1 saturated carbocycles. The molecule has 2 aromatic rings. The number of anilines is 1. The molecule has 0 saturated heterocycles. The molecule has 110 valence electrons. The van der Waals surface area contributed by atoms with Crippen LogP contribution in [-0.2, 0) is 4.79 Å². The van der Waals surface area contributed by atoms with Gasteiger partial charge in [0.2, 0.25) is 11.5 Å². The fourth-order valence-electron chi connectivity index (χ4n) is 2.90. The zero-order valence-electron chi connectivity index (χ0n) is 11.6. The van der Waals surface area contributed by atoms with Crippen molar-refractivity contribution in [3.8, 4) is 0 Å². The maximum atomic E-state index is 14.0. The zero-order valence-corrected chi connectivity index (χ0v) is 11.6. The monoisotopic (exact) mass is 288 g/mol. The summed E-state index contributed by atoms with van der Waals surface area (Å²) in [6.45, 7) is 0. The Bertz CT molecular complexity index is 733. The van der Waals surface area contributed by atoms with Gasteiger partial charge in [-0.15, -0.1) is 0 Å². The molecule has 1 aliphatic carbocycles. The summed E-state index contributed by atoms with van der Waals surface area (Å²) in [4.78, 5) is 25.8. The Morgan fingerprint density at radius 1 is 1.19 bits per heavy atom. The first-order valence-electron chi connectivity index (χ1n) is 7.27. The molecule has 1 amide bonds. The lowest BCUT2D eigenvalue weighted by molar-refractivity contribution is -0.120. The SMILES string of the molecule is O=C(Nc1cc(F)c2[nH]c(=O)ccc2c1)C1CCCCC1. The second kappa shape index (κ2) is 5.68. The lowest BCUT2D eigenvalue weighted by atomic mass is 9.88. The van der Waals surface area contributed by atoms with Crippen molar-refractivity contribution in [1.82, 2.24) is 4.98 Å². The zero-order chi connectivity index (χ0) is 14.8. The molecular weight excluding hydrogens is 271 g/mol. The summed E-state index contributed by atoms with van der Waals surface area (Å²) in [5.74, 6) is -0.560. The number of nitrogens with one attached hydrogen (secondary N) is 2. The highest BCUT2D eigenvalue weighted by Crippen LogP contribution is 2.26. The summed E-state index contributed by atoms with van der Waals surface area (Å²) in [6, 6.07) is 5.82. The van der Waals surface area contributed by atoms with Gasteiger partial charge in [0.15, 0.2) is 0 Å². The van der Waals surface area contributed by atoms with E-state index in [0.717, 1.165) is 25.7 Å². The highest BCUT2D eigenvalue weighted by Gasteiger charge is 2.21. The van der Waals surface area contributed by atoms with Crippen molar-refractivity contribution in [1.29, 1.82) is 0 Å². The quantitative estimate of drug-likeness (QED) is 0.891. The van der Waals surface area contributed by atoms with Crippen molar-refractivity contribution in [2.24, 2.45) is 5.92 Å². The minimum Gasteiger partial charge on any atom is -0.326 e. The van der Waals surface area contributed by atoms with E-state index in [4.69, 9.17) is 0 Å². The van der Waals surface area contributed by atoms with Crippen LogP contribution in [0.1, 0.15) is 32.1 Å². The molecule has 0 bridgehead atoms. The van der Waals surface area contributed by atoms with Gasteiger partial charge in [-0.1, -0.05) is 19.3 Å². The first-order chi connectivity index (χ1) is 10.1. The van der Waals surface area contributed by atoms with Crippen LogP contribution in [0.2, 0.25) is 0 Å². The van der Waals surface area contributed by atoms with Crippen molar-refractivity contribution in [2.75, 3.05) is 5.32 Å². The van der Waals surface area contributed by atoms with Crippen molar-refractivity contribution >= 4 is 22.5 Å². The number of pyridine rings is 1. The van der Waals surface area contributed by atoms with Gasteiger partial charge < -0.3 is 10.3 Å². The lowest BCUT2D eigenvalue weighted by Gasteiger charge is -2.20. The van der Waals surface area contributed by atoms with Gasteiger partial charge in [-0.2, -0.15) is 0 Å². The van der Waals surface area contributed by atoms with Crippen molar-refractivity contribution in [2.45, 2.75) is 32.1 Å². The number of aromatic amines is 1. The largest absolute Gasteiger partial charge is 0.326 e. The minimum absolute atomic E-state index is 0.0214. The van der Waals surface area contributed by atoms with Crippen molar-refractivity contribution in [3.05, 3.63) is 40.4 Å². The third-order valence-electron chi connectivity index (χ3n) is 4.03. The normalized spacial score (nSPS) is 16.0. The molecule has 0 aliphatic heterocycles. The van der Waals surface area contributed by atoms with Crippen LogP contribution in [0.4, 0.5) is 10.1 Å². The van der Waals surface area contributed by atoms with E-state index in [2.05, 4.69) is 10.3 Å². The Kier molecular flexibility index (Phi) is 3.73. The van der Waals surface area contributed by atoms with Crippen LogP contribution in [-0.4, -0.2) is 10.9 Å². The Hall–Kier alpha value is -2.17. The molecule has 5 heteroatoms. The third-order valence-corrected chi connectivity index (χ3v) is 4.03. The molecule has 0 radical (unpaired) electrons. The van der Waals surface area contributed by atoms with Gasteiger partial charge in [-0.3, -0.25) is 9.59 Å². The number of hydrogen-bond acceptors (Lipinski definition) is 2. The van der Waals surface area contributed by atoms with Crippen LogP contribution in [0.3, 0.4) is 0 Å². The number of carbonyl (C=O) groups excluding carboxylic acids is 1. The molecular formula is C16H17FN2O2. The second-order valence-corrected chi connectivity index (χ2v) is 5.57. The Balaban J connectivity index is 1.85. The molecule has 1 fully saturated rings. The number of benzene rings is 1. The number of carbonyl (C=O) groups is 1. The summed E-state index contributed by atoms with van der Waals surface area (Å²) in [5.41, 5.74) is 0.251. The highest BCUT2D eigenvalue weighted by molar-refractivity contribution is 5.95. The van der Waals surface area contributed by atoms with Crippen molar-refractivity contribution < 1.29 is 9.18 Å². The second-order valence-electron chi connectivity index (χ2n) is 5.57. The molecule has 4 nitrogen and oxygen atoms in total. The maximum absolute atomic E-state index is 14.0. The van der Waals surface area contributed by atoms with Gasteiger partial charge in [0.1, 0.15) is 5.82 Å². The fourth-order valence-corrected chi connectivity index (χ4v) is 2.90. The Morgan fingerprint density at radius 2 is 1.95 bits per heavy atom. The third kappa shape index (κ3) is 2.96. The van der Waals surface area contributed by atoms with E-state index in [1.54, 1.807) is 12.1 Å². The van der Waals surface area contributed by atoms with Crippen LogP contribution in [0.5, 0.6) is 0 Å². The molecule has 1 aromatic heterocycles. The number of amides is 1. The summed E-state index contributed by atoms with van der Waals surface area (Å²) < 4.78 is 14.0. The summed E-state index contributed by atoms with van der Waals surface area (Å²) in [6.07, 6.45) is 5.13. The number of aromatic nitrogens is 1. The van der Waals surface area contributed by atoms with E-state index >= 15 is 0 Å². The first kappa shape index (κ1) is 13.8. The molecule has 0 spiro atoms. The van der Waals surface area contributed by atoms with Gasteiger partial charge >= 0.3 is 0 Å². The van der Waals surface area contributed by atoms with Crippen LogP contribution >= 0.6 is 0 Å². The van der Waals surface area contributed by atoms with E-state index in [0.29, 0.717) is 11.1 Å². The average Bonchev–Trinajstić information content (AvgIpc) is 2.49. The standard InChI is InChI=1S/C16H17FN2O2/c17-13-9-12(8-11-6-7-14(20)19-15(11)13)18-16(21)10-4-2-1-3-5-10/h6-10H,1-5H2,(H,18,21)(H,19,20). The smallest absolute Gasteiger partial charge is 0.248 e. The predicted molar refractivity (Wildman–Crippen MR) is 79.7 cm³/mol. The van der Waals surface area contributed by atoms with Gasteiger partial charge in [0.05, 0.1) is 5.52 Å². The van der Waals surface area contributed by atoms with Gasteiger partial charge in [-0.05, 0) is 31.0 Å². The van der Waals surface area contributed by atoms with Crippen molar-refractivity contribution in [3.63, 3.8) is 0 Å². The number of fused-ring (bicyclic) bond motifs is 1. The molecule has 1 aliphatic rings. The summed E-state index contributed by atoms with van der Waals surface area (Å²) in [7, 11) is 0. The number of rotatable bonds is 2. The van der Waals surface area contributed by atoms with E-state index in [1.807, 2.05) is 0 Å². The van der Waals surface area contributed by atoms with Crippen LogP contribution in [0.15, 0.2) is 29.1 Å². The topological polar surface area (TPSA) is 62.0 Å².